The van der Waals surface area contributed by atoms with Gasteiger partial charge in [-0.1, -0.05) is 36.4 Å². The summed E-state index contributed by atoms with van der Waals surface area (Å²) in [5, 5.41) is 3.61. The molecule has 0 aromatic heterocycles. The third-order valence-corrected chi connectivity index (χ3v) is 5.67. The van der Waals surface area contributed by atoms with Crippen molar-refractivity contribution in [1.29, 1.82) is 0 Å². The van der Waals surface area contributed by atoms with Crippen LogP contribution in [-0.2, 0) is 4.79 Å². The van der Waals surface area contributed by atoms with Gasteiger partial charge in [0.1, 0.15) is 11.4 Å². The van der Waals surface area contributed by atoms with Gasteiger partial charge in [-0.15, -0.1) is 0 Å². The zero-order chi connectivity index (χ0) is 17.4. The van der Waals surface area contributed by atoms with Gasteiger partial charge in [0.2, 0.25) is 5.91 Å². The number of halogens is 1. The first-order valence-electron chi connectivity index (χ1n) is 9.05. The number of carbonyl (C=O) groups is 1. The number of likely N-dealkylation sites (N-methyl/N-ethyl adjacent to an activating group) is 1. The standard InChI is InChI=1S/C21H23FN2O/c1-2-24-13-12-21(20(24)25)11-10-19(23-21)16-7-5-6-15(14-16)17-8-3-4-9-18(17)22/h3-9,14,19,23H,2,10-13H2,1H3/t19-,21-/m1/s1. The fourth-order valence-corrected chi connectivity index (χ4v) is 4.24. The molecule has 0 bridgehead atoms. The highest BCUT2D eigenvalue weighted by atomic mass is 19.1. The van der Waals surface area contributed by atoms with Crippen molar-refractivity contribution in [1.82, 2.24) is 10.2 Å². The van der Waals surface area contributed by atoms with Crippen molar-refractivity contribution in [2.24, 2.45) is 0 Å². The van der Waals surface area contributed by atoms with Crippen LogP contribution in [0.4, 0.5) is 4.39 Å². The SMILES string of the molecule is CCN1CC[C@]2(CC[C@H](c3cccc(-c4ccccc4F)c3)N2)C1=O. The third kappa shape index (κ3) is 2.74. The molecule has 2 saturated heterocycles. The summed E-state index contributed by atoms with van der Waals surface area (Å²) in [7, 11) is 0. The van der Waals surface area contributed by atoms with E-state index >= 15 is 0 Å². The number of likely N-dealkylation sites (tertiary alicyclic amines) is 1. The predicted octanol–water partition coefficient (Wildman–Crippen LogP) is 3.91. The number of amides is 1. The van der Waals surface area contributed by atoms with E-state index in [9.17, 15) is 9.18 Å². The summed E-state index contributed by atoms with van der Waals surface area (Å²) in [5.41, 5.74) is 2.23. The van der Waals surface area contributed by atoms with E-state index in [1.807, 2.05) is 36.1 Å². The molecule has 2 aromatic carbocycles. The second-order valence-corrected chi connectivity index (χ2v) is 7.06. The van der Waals surface area contributed by atoms with E-state index in [1.54, 1.807) is 12.1 Å². The van der Waals surface area contributed by atoms with Crippen LogP contribution in [0.2, 0.25) is 0 Å². The first kappa shape index (κ1) is 16.3. The summed E-state index contributed by atoms with van der Waals surface area (Å²) >= 11 is 0. The van der Waals surface area contributed by atoms with Crippen molar-refractivity contribution < 1.29 is 9.18 Å². The number of carbonyl (C=O) groups excluding carboxylic acids is 1. The molecule has 0 radical (unpaired) electrons. The van der Waals surface area contributed by atoms with Crippen LogP contribution in [-0.4, -0.2) is 29.4 Å². The molecule has 0 unspecified atom stereocenters. The summed E-state index contributed by atoms with van der Waals surface area (Å²) in [4.78, 5) is 14.6. The maximum Gasteiger partial charge on any atom is 0.242 e. The van der Waals surface area contributed by atoms with Gasteiger partial charge in [-0.05, 0) is 49.4 Å². The maximum atomic E-state index is 14.1. The van der Waals surface area contributed by atoms with Gasteiger partial charge in [0, 0.05) is 24.7 Å². The number of hydrogen-bond donors (Lipinski definition) is 1. The molecule has 2 heterocycles. The van der Waals surface area contributed by atoms with E-state index < -0.39 is 5.54 Å². The highest BCUT2D eigenvalue weighted by Gasteiger charge is 2.50. The molecule has 1 amide bonds. The van der Waals surface area contributed by atoms with Crippen LogP contribution in [0, 0.1) is 5.82 Å². The normalized spacial score (nSPS) is 25.9. The lowest BCUT2D eigenvalue weighted by atomic mass is 9.95. The predicted molar refractivity (Wildman–Crippen MR) is 96.5 cm³/mol. The molecule has 4 heteroatoms. The van der Waals surface area contributed by atoms with Gasteiger partial charge in [-0.3, -0.25) is 10.1 Å². The van der Waals surface area contributed by atoms with Gasteiger partial charge in [0.25, 0.3) is 0 Å². The van der Waals surface area contributed by atoms with Crippen molar-refractivity contribution in [2.75, 3.05) is 13.1 Å². The van der Waals surface area contributed by atoms with Crippen LogP contribution >= 0.6 is 0 Å². The molecule has 2 aliphatic rings. The first-order valence-corrected chi connectivity index (χ1v) is 9.05. The maximum absolute atomic E-state index is 14.1. The molecule has 130 valence electrons. The van der Waals surface area contributed by atoms with Crippen molar-refractivity contribution in [3.63, 3.8) is 0 Å². The molecule has 3 nitrogen and oxygen atoms in total. The Morgan fingerprint density at radius 1 is 1.20 bits per heavy atom. The largest absolute Gasteiger partial charge is 0.341 e. The second-order valence-electron chi connectivity index (χ2n) is 7.06. The van der Waals surface area contributed by atoms with Crippen molar-refractivity contribution in [2.45, 2.75) is 37.8 Å². The molecule has 2 aliphatic heterocycles. The van der Waals surface area contributed by atoms with E-state index in [-0.39, 0.29) is 17.8 Å². The van der Waals surface area contributed by atoms with Gasteiger partial charge >= 0.3 is 0 Å². The van der Waals surface area contributed by atoms with Gasteiger partial charge < -0.3 is 4.90 Å². The van der Waals surface area contributed by atoms with Crippen LogP contribution in [0.25, 0.3) is 11.1 Å². The molecular weight excluding hydrogens is 315 g/mol. The molecule has 4 rings (SSSR count). The Labute approximate surface area is 147 Å². The summed E-state index contributed by atoms with van der Waals surface area (Å²) in [5.74, 6) is 0.0304. The molecule has 25 heavy (non-hydrogen) atoms. The Morgan fingerprint density at radius 2 is 2.04 bits per heavy atom. The number of hydrogen-bond acceptors (Lipinski definition) is 2. The number of nitrogens with zero attached hydrogens (tertiary/aromatic N) is 1. The minimum absolute atomic E-state index is 0.146. The first-order chi connectivity index (χ1) is 12.1. The summed E-state index contributed by atoms with van der Waals surface area (Å²) in [6, 6.07) is 15.0. The zero-order valence-electron chi connectivity index (χ0n) is 14.5. The minimum Gasteiger partial charge on any atom is -0.341 e. The zero-order valence-corrected chi connectivity index (χ0v) is 14.5. The molecular formula is C21H23FN2O. The van der Waals surface area contributed by atoms with E-state index in [2.05, 4.69) is 11.4 Å². The van der Waals surface area contributed by atoms with Gasteiger partial charge in [0.15, 0.2) is 0 Å². The highest BCUT2D eigenvalue weighted by Crippen LogP contribution is 2.40. The Balaban J connectivity index is 1.59. The number of rotatable bonds is 3. The lowest BCUT2D eigenvalue weighted by Gasteiger charge is -2.24. The highest BCUT2D eigenvalue weighted by molar-refractivity contribution is 5.89. The Morgan fingerprint density at radius 3 is 2.80 bits per heavy atom. The van der Waals surface area contributed by atoms with E-state index in [0.717, 1.165) is 43.5 Å². The van der Waals surface area contributed by atoms with Crippen LogP contribution in [0.15, 0.2) is 48.5 Å². The molecule has 0 saturated carbocycles. The third-order valence-electron chi connectivity index (χ3n) is 5.67. The van der Waals surface area contributed by atoms with Gasteiger partial charge in [-0.25, -0.2) is 4.39 Å². The van der Waals surface area contributed by atoms with E-state index in [4.69, 9.17) is 0 Å². The van der Waals surface area contributed by atoms with Crippen molar-refractivity contribution in [3.05, 3.63) is 59.9 Å². The fourth-order valence-electron chi connectivity index (χ4n) is 4.24. The average molecular weight is 338 g/mol. The molecule has 2 fully saturated rings. The second kappa shape index (κ2) is 6.26. The lowest BCUT2D eigenvalue weighted by molar-refractivity contribution is -0.132. The van der Waals surface area contributed by atoms with E-state index in [0.29, 0.717) is 5.56 Å². The minimum atomic E-state index is -0.394. The smallest absolute Gasteiger partial charge is 0.242 e. The van der Waals surface area contributed by atoms with Crippen LogP contribution in [0.3, 0.4) is 0 Å². The van der Waals surface area contributed by atoms with Gasteiger partial charge in [0.05, 0.1) is 0 Å². The van der Waals surface area contributed by atoms with E-state index in [1.165, 1.54) is 6.07 Å². The summed E-state index contributed by atoms with van der Waals surface area (Å²) in [6.45, 7) is 3.64. The lowest BCUT2D eigenvalue weighted by Crippen LogP contribution is -2.48. The number of nitrogens with one attached hydrogen (secondary N) is 1. The van der Waals surface area contributed by atoms with Crippen molar-refractivity contribution >= 4 is 5.91 Å². The topological polar surface area (TPSA) is 32.3 Å². The van der Waals surface area contributed by atoms with Gasteiger partial charge in [-0.2, -0.15) is 0 Å². The molecule has 1 N–H and O–H groups in total. The Kier molecular flexibility index (Phi) is 4.08. The molecule has 0 aliphatic carbocycles. The molecule has 2 atom stereocenters. The summed E-state index contributed by atoms with van der Waals surface area (Å²) < 4.78 is 14.1. The molecule has 2 aromatic rings. The quantitative estimate of drug-likeness (QED) is 0.920. The molecule has 1 spiro atoms. The van der Waals surface area contributed by atoms with Crippen LogP contribution < -0.4 is 5.32 Å². The number of benzene rings is 2. The average Bonchev–Trinajstić information content (AvgIpc) is 3.21. The Bertz CT molecular complexity index is 806. The Hall–Kier alpha value is -2.20. The summed E-state index contributed by atoms with van der Waals surface area (Å²) in [6.07, 6.45) is 2.68. The van der Waals surface area contributed by atoms with Crippen molar-refractivity contribution in [3.8, 4) is 11.1 Å². The van der Waals surface area contributed by atoms with Crippen LogP contribution in [0.5, 0.6) is 0 Å². The van der Waals surface area contributed by atoms with Crippen LogP contribution in [0.1, 0.15) is 37.8 Å². The monoisotopic (exact) mass is 338 g/mol. The fraction of sp³-hybridized carbons (Fsp3) is 0.381.